The quantitative estimate of drug-likeness (QED) is 0.604. The van der Waals surface area contributed by atoms with Crippen molar-refractivity contribution in [1.82, 2.24) is 0 Å². The van der Waals surface area contributed by atoms with Gasteiger partial charge in [-0.25, -0.2) is 0 Å². The van der Waals surface area contributed by atoms with Crippen LogP contribution in [-0.2, 0) is 0 Å². The first-order valence-electron chi connectivity index (χ1n) is 4.16. The molecule has 11 heavy (non-hydrogen) atoms. The Morgan fingerprint density at radius 1 is 1.36 bits per heavy atom. The standard InChI is InChI=1S/C10H18O/c1-5-6-9(11)7-8-10(2,3)4/h9,11H,5-6H2,1-4H3. The second-order valence-electron chi connectivity index (χ2n) is 3.82. The fraction of sp³-hybridized carbons (Fsp3) is 0.800. The van der Waals surface area contributed by atoms with E-state index in [2.05, 4.69) is 11.8 Å². The van der Waals surface area contributed by atoms with Crippen molar-refractivity contribution in [3.05, 3.63) is 0 Å². The van der Waals surface area contributed by atoms with Crippen molar-refractivity contribution in [3.63, 3.8) is 0 Å². The lowest BCUT2D eigenvalue weighted by Gasteiger charge is -2.08. The molecule has 0 saturated heterocycles. The normalized spacial score (nSPS) is 13.5. The molecule has 0 spiro atoms. The SMILES string of the molecule is CCCC(O)C#CC(C)(C)C. The molecule has 0 radical (unpaired) electrons. The third-order valence-corrected chi connectivity index (χ3v) is 1.18. The van der Waals surface area contributed by atoms with Gasteiger partial charge in [-0.3, -0.25) is 0 Å². The van der Waals surface area contributed by atoms with E-state index in [1.165, 1.54) is 0 Å². The zero-order valence-electron chi connectivity index (χ0n) is 7.94. The topological polar surface area (TPSA) is 20.2 Å². The first kappa shape index (κ1) is 10.5. The summed E-state index contributed by atoms with van der Waals surface area (Å²) in [6.07, 6.45) is 1.34. The molecule has 1 nitrogen and oxygen atoms in total. The van der Waals surface area contributed by atoms with Crippen molar-refractivity contribution >= 4 is 0 Å². The minimum atomic E-state index is -0.431. The fourth-order valence-electron chi connectivity index (χ4n) is 0.645. The highest BCUT2D eigenvalue weighted by Crippen LogP contribution is 2.10. The summed E-state index contributed by atoms with van der Waals surface area (Å²) in [6.45, 7) is 8.16. The van der Waals surface area contributed by atoms with Crippen LogP contribution in [0.3, 0.4) is 0 Å². The van der Waals surface area contributed by atoms with Crippen molar-refractivity contribution in [1.29, 1.82) is 0 Å². The lowest BCUT2D eigenvalue weighted by molar-refractivity contribution is 0.220. The second-order valence-corrected chi connectivity index (χ2v) is 3.82. The Bertz CT molecular complexity index is 154. The molecule has 0 amide bonds. The van der Waals surface area contributed by atoms with Gasteiger partial charge >= 0.3 is 0 Å². The minimum Gasteiger partial charge on any atom is -0.380 e. The van der Waals surface area contributed by atoms with Gasteiger partial charge in [-0.2, -0.15) is 0 Å². The Balaban J connectivity index is 3.87. The van der Waals surface area contributed by atoms with Crippen LogP contribution >= 0.6 is 0 Å². The van der Waals surface area contributed by atoms with Gasteiger partial charge in [0.15, 0.2) is 0 Å². The molecule has 64 valence electrons. The molecule has 0 heterocycles. The van der Waals surface area contributed by atoms with Crippen LogP contribution in [-0.4, -0.2) is 11.2 Å². The Labute approximate surface area is 69.8 Å². The summed E-state index contributed by atoms with van der Waals surface area (Å²) in [5, 5.41) is 9.24. The monoisotopic (exact) mass is 154 g/mol. The molecule has 0 saturated carbocycles. The average molecular weight is 154 g/mol. The molecule has 1 unspecified atom stereocenters. The van der Waals surface area contributed by atoms with Gasteiger partial charge in [-0.15, -0.1) is 0 Å². The van der Waals surface area contributed by atoms with Crippen LogP contribution in [0, 0.1) is 17.3 Å². The van der Waals surface area contributed by atoms with Gasteiger partial charge in [0.2, 0.25) is 0 Å². The Hall–Kier alpha value is -0.480. The average Bonchev–Trinajstić information content (AvgIpc) is 1.83. The maximum atomic E-state index is 9.24. The lowest BCUT2D eigenvalue weighted by Crippen LogP contribution is -2.05. The van der Waals surface area contributed by atoms with Crippen molar-refractivity contribution in [3.8, 4) is 11.8 Å². The molecular formula is C10H18O. The highest BCUT2D eigenvalue weighted by atomic mass is 16.3. The summed E-state index contributed by atoms with van der Waals surface area (Å²) < 4.78 is 0. The number of aliphatic hydroxyl groups excluding tert-OH is 1. The predicted octanol–water partition coefficient (Wildman–Crippen LogP) is 2.20. The summed E-state index contributed by atoms with van der Waals surface area (Å²) in [7, 11) is 0. The van der Waals surface area contributed by atoms with E-state index in [1.807, 2.05) is 27.7 Å². The maximum Gasteiger partial charge on any atom is 0.114 e. The molecule has 0 aliphatic carbocycles. The minimum absolute atomic E-state index is 0.00865. The van der Waals surface area contributed by atoms with Crippen LogP contribution in [0.1, 0.15) is 40.5 Å². The van der Waals surface area contributed by atoms with Gasteiger partial charge in [0.25, 0.3) is 0 Å². The Kier molecular flexibility index (Phi) is 4.22. The zero-order chi connectivity index (χ0) is 8.91. The van der Waals surface area contributed by atoms with Crippen molar-refractivity contribution < 1.29 is 5.11 Å². The van der Waals surface area contributed by atoms with Crippen molar-refractivity contribution in [2.45, 2.75) is 46.6 Å². The molecule has 0 rings (SSSR count). The molecule has 0 fully saturated rings. The summed E-state index contributed by atoms with van der Waals surface area (Å²) in [5.74, 6) is 5.84. The fourth-order valence-corrected chi connectivity index (χ4v) is 0.645. The van der Waals surface area contributed by atoms with Crippen LogP contribution in [0.15, 0.2) is 0 Å². The van der Waals surface area contributed by atoms with E-state index < -0.39 is 6.10 Å². The molecule has 0 aliphatic heterocycles. The number of hydrogen-bond donors (Lipinski definition) is 1. The van der Waals surface area contributed by atoms with Crippen molar-refractivity contribution in [2.24, 2.45) is 5.41 Å². The molecule has 1 atom stereocenters. The lowest BCUT2D eigenvalue weighted by atomic mass is 9.97. The predicted molar refractivity (Wildman–Crippen MR) is 48.1 cm³/mol. The van der Waals surface area contributed by atoms with Crippen LogP contribution in [0.25, 0.3) is 0 Å². The Morgan fingerprint density at radius 3 is 2.27 bits per heavy atom. The molecule has 0 bridgehead atoms. The van der Waals surface area contributed by atoms with E-state index in [1.54, 1.807) is 0 Å². The number of hydrogen-bond acceptors (Lipinski definition) is 1. The van der Waals surface area contributed by atoms with Gasteiger partial charge < -0.3 is 5.11 Å². The first-order valence-corrected chi connectivity index (χ1v) is 4.16. The third kappa shape index (κ3) is 7.42. The maximum absolute atomic E-state index is 9.24. The molecular weight excluding hydrogens is 136 g/mol. The van der Waals surface area contributed by atoms with E-state index >= 15 is 0 Å². The highest BCUT2D eigenvalue weighted by Gasteiger charge is 2.04. The molecule has 0 aliphatic rings. The summed E-state index contributed by atoms with van der Waals surface area (Å²) in [4.78, 5) is 0. The summed E-state index contributed by atoms with van der Waals surface area (Å²) in [5.41, 5.74) is 0.00865. The second kappa shape index (κ2) is 4.41. The van der Waals surface area contributed by atoms with Gasteiger partial charge in [-0.1, -0.05) is 25.2 Å². The molecule has 0 aromatic heterocycles. The van der Waals surface area contributed by atoms with Gasteiger partial charge in [0.05, 0.1) is 0 Å². The van der Waals surface area contributed by atoms with E-state index in [4.69, 9.17) is 0 Å². The van der Waals surface area contributed by atoms with Crippen LogP contribution in [0.4, 0.5) is 0 Å². The first-order chi connectivity index (χ1) is 4.95. The summed E-state index contributed by atoms with van der Waals surface area (Å²) >= 11 is 0. The molecule has 1 heteroatoms. The van der Waals surface area contributed by atoms with E-state index in [0.29, 0.717) is 0 Å². The van der Waals surface area contributed by atoms with E-state index in [-0.39, 0.29) is 5.41 Å². The van der Waals surface area contributed by atoms with Gasteiger partial charge in [0.1, 0.15) is 6.10 Å². The van der Waals surface area contributed by atoms with Crippen molar-refractivity contribution in [2.75, 3.05) is 0 Å². The highest BCUT2D eigenvalue weighted by molar-refractivity contribution is 5.10. The largest absolute Gasteiger partial charge is 0.380 e. The van der Waals surface area contributed by atoms with Crippen LogP contribution in [0.2, 0.25) is 0 Å². The summed E-state index contributed by atoms with van der Waals surface area (Å²) in [6, 6.07) is 0. The van der Waals surface area contributed by atoms with Gasteiger partial charge in [0, 0.05) is 5.41 Å². The van der Waals surface area contributed by atoms with Crippen LogP contribution < -0.4 is 0 Å². The van der Waals surface area contributed by atoms with E-state index in [9.17, 15) is 5.11 Å². The molecule has 0 aromatic carbocycles. The number of aliphatic hydroxyl groups is 1. The molecule has 0 aromatic rings. The van der Waals surface area contributed by atoms with Gasteiger partial charge in [-0.05, 0) is 27.2 Å². The Morgan fingerprint density at radius 2 is 1.91 bits per heavy atom. The van der Waals surface area contributed by atoms with E-state index in [0.717, 1.165) is 12.8 Å². The van der Waals surface area contributed by atoms with Crippen LogP contribution in [0.5, 0.6) is 0 Å². The third-order valence-electron chi connectivity index (χ3n) is 1.18. The number of rotatable bonds is 2. The molecule has 1 N–H and O–H groups in total. The smallest absolute Gasteiger partial charge is 0.114 e. The zero-order valence-corrected chi connectivity index (χ0v) is 7.94.